The standard InChI is InChI=1S/C12H13F2NO/c13-12(14,10-4-2-1-3-5-10)8-9-6-7-15-11(9)16/h1-5,9H,6-8H2,(H,15,16). The third-order valence-corrected chi connectivity index (χ3v) is 2.86. The lowest BCUT2D eigenvalue weighted by Gasteiger charge is -2.19. The highest BCUT2D eigenvalue weighted by atomic mass is 19.3. The van der Waals surface area contributed by atoms with Crippen LogP contribution >= 0.6 is 0 Å². The molecule has 0 radical (unpaired) electrons. The molecule has 1 saturated heterocycles. The molecule has 16 heavy (non-hydrogen) atoms. The molecular formula is C12H13F2NO. The number of benzene rings is 1. The van der Waals surface area contributed by atoms with Gasteiger partial charge in [0, 0.05) is 24.4 Å². The summed E-state index contributed by atoms with van der Waals surface area (Å²) in [4.78, 5) is 11.2. The van der Waals surface area contributed by atoms with Crippen molar-refractivity contribution in [1.82, 2.24) is 5.32 Å². The third-order valence-electron chi connectivity index (χ3n) is 2.86. The Labute approximate surface area is 92.7 Å². The molecule has 1 unspecified atom stereocenters. The Hall–Kier alpha value is -1.45. The highest BCUT2D eigenvalue weighted by molar-refractivity contribution is 5.80. The average Bonchev–Trinajstić information content (AvgIpc) is 2.65. The highest BCUT2D eigenvalue weighted by Crippen LogP contribution is 2.36. The van der Waals surface area contributed by atoms with Crippen LogP contribution in [0.4, 0.5) is 8.78 Å². The lowest BCUT2D eigenvalue weighted by Crippen LogP contribution is -2.25. The van der Waals surface area contributed by atoms with E-state index in [9.17, 15) is 13.6 Å². The van der Waals surface area contributed by atoms with Gasteiger partial charge in [0.2, 0.25) is 5.91 Å². The van der Waals surface area contributed by atoms with Gasteiger partial charge in [-0.2, -0.15) is 0 Å². The van der Waals surface area contributed by atoms with Crippen molar-refractivity contribution in [3.63, 3.8) is 0 Å². The zero-order valence-electron chi connectivity index (χ0n) is 8.75. The maximum atomic E-state index is 13.8. The third kappa shape index (κ3) is 2.21. The molecule has 4 heteroatoms. The summed E-state index contributed by atoms with van der Waals surface area (Å²) in [5, 5.41) is 2.57. The molecule has 86 valence electrons. The Bertz CT molecular complexity index is 378. The maximum absolute atomic E-state index is 13.8. The van der Waals surface area contributed by atoms with Crippen LogP contribution in [-0.4, -0.2) is 12.5 Å². The van der Waals surface area contributed by atoms with Gasteiger partial charge < -0.3 is 5.32 Å². The molecule has 1 aromatic carbocycles. The number of nitrogens with one attached hydrogen (secondary N) is 1. The van der Waals surface area contributed by atoms with Crippen molar-refractivity contribution in [2.75, 3.05) is 6.54 Å². The molecule has 0 saturated carbocycles. The van der Waals surface area contributed by atoms with Gasteiger partial charge in [0.05, 0.1) is 0 Å². The van der Waals surface area contributed by atoms with Crippen molar-refractivity contribution >= 4 is 5.91 Å². The number of halogens is 2. The number of alkyl halides is 2. The predicted octanol–water partition coefficient (Wildman–Crippen LogP) is 2.30. The van der Waals surface area contributed by atoms with Gasteiger partial charge in [-0.25, -0.2) is 8.78 Å². The van der Waals surface area contributed by atoms with E-state index in [0.717, 1.165) is 0 Å². The summed E-state index contributed by atoms with van der Waals surface area (Å²) in [6.45, 7) is 0.508. The molecule has 1 heterocycles. The van der Waals surface area contributed by atoms with E-state index in [-0.39, 0.29) is 11.5 Å². The Kier molecular flexibility index (Phi) is 2.90. The molecule has 1 atom stereocenters. The lowest BCUT2D eigenvalue weighted by atomic mass is 9.95. The van der Waals surface area contributed by atoms with E-state index < -0.39 is 18.3 Å². The summed E-state index contributed by atoms with van der Waals surface area (Å²) in [7, 11) is 0. The van der Waals surface area contributed by atoms with Crippen LogP contribution in [0.1, 0.15) is 18.4 Å². The first-order valence-corrected chi connectivity index (χ1v) is 5.31. The first kappa shape index (κ1) is 11.0. The largest absolute Gasteiger partial charge is 0.356 e. The fourth-order valence-electron chi connectivity index (χ4n) is 1.95. The van der Waals surface area contributed by atoms with Crippen molar-refractivity contribution in [2.45, 2.75) is 18.8 Å². The quantitative estimate of drug-likeness (QED) is 0.840. The van der Waals surface area contributed by atoms with Crippen LogP contribution in [0.5, 0.6) is 0 Å². The molecule has 1 aliphatic rings. The second-order valence-corrected chi connectivity index (χ2v) is 4.05. The minimum absolute atomic E-state index is 0.0188. The van der Waals surface area contributed by atoms with Crippen LogP contribution in [-0.2, 0) is 10.7 Å². The predicted molar refractivity (Wildman–Crippen MR) is 56.1 cm³/mol. The molecule has 1 amide bonds. The second kappa shape index (κ2) is 4.20. The van der Waals surface area contributed by atoms with E-state index in [2.05, 4.69) is 5.32 Å². The number of rotatable bonds is 3. The Morgan fingerprint density at radius 3 is 2.56 bits per heavy atom. The Morgan fingerprint density at radius 2 is 2.00 bits per heavy atom. The fraction of sp³-hybridized carbons (Fsp3) is 0.417. The summed E-state index contributed by atoms with van der Waals surface area (Å²) in [6, 6.07) is 7.65. The van der Waals surface area contributed by atoms with Crippen LogP contribution in [0.3, 0.4) is 0 Å². The van der Waals surface area contributed by atoms with E-state index in [0.29, 0.717) is 13.0 Å². The van der Waals surface area contributed by atoms with Crippen molar-refractivity contribution in [2.24, 2.45) is 5.92 Å². The van der Waals surface area contributed by atoms with Crippen LogP contribution in [0.2, 0.25) is 0 Å². The molecule has 0 aliphatic carbocycles. The van der Waals surface area contributed by atoms with E-state index in [4.69, 9.17) is 0 Å². The zero-order valence-corrected chi connectivity index (χ0v) is 8.75. The molecule has 1 fully saturated rings. The van der Waals surface area contributed by atoms with E-state index in [1.807, 2.05) is 0 Å². The van der Waals surface area contributed by atoms with E-state index in [1.165, 1.54) is 12.1 Å². The van der Waals surface area contributed by atoms with Crippen molar-refractivity contribution in [3.05, 3.63) is 35.9 Å². The number of amides is 1. The summed E-state index contributed by atoms with van der Waals surface area (Å²) in [5.41, 5.74) is -0.0188. The number of carbonyl (C=O) groups excluding carboxylic acids is 1. The fourth-order valence-corrected chi connectivity index (χ4v) is 1.95. The summed E-state index contributed by atoms with van der Waals surface area (Å²) < 4.78 is 27.6. The van der Waals surface area contributed by atoms with Gasteiger partial charge in [0.25, 0.3) is 5.92 Å². The van der Waals surface area contributed by atoms with Crippen LogP contribution in [0, 0.1) is 5.92 Å². The second-order valence-electron chi connectivity index (χ2n) is 4.05. The summed E-state index contributed by atoms with van der Waals surface area (Å²) >= 11 is 0. The Balaban J connectivity index is 2.11. The lowest BCUT2D eigenvalue weighted by molar-refractivity contribution is -0.126. The average molecular weight is 225 g/mol. The van der Waals surface area contributed by atoms with Crippen molar-refractivity contribution < 1.29 is 13.6 Å². The zero-order chi connectivity index (χ0) is 11.6. The molecule has 0 aromatic heterocycles. The van der Waals surface area contributed by atoms with Crippen LogP contribution in [0.15, 0.2) is 30.3 Å². The minimum atomic E-state index is -2.92. The van der Waals surface area contributed by atoms with Crippen LogP contribution < -0.4 is 5.32 Å². The topological polar surface area (TPSA) is 29.1 Å². The first-order valence-electron chi connectivity index (χ1n) is 5.31. The van der Waals surface area contributed by atoms with Crippen molar-refractivity contribution in [3.8, 4) is 0 Å². The summed E-state index contributed by atoms with van der Waals surface area (Å²) in [5.74, 6) is -3.74. The van der Waals surface area contributed by atoms with Gasteiger partial charge >= 0.3 is 0 Å². The maximum Gasteiger partial charge on any atom is 0.274 e. The van der Waals surface area contributed by atoms with E-state index in [1.54, 1.807) is 18.2 Å². The van der Waals surface area contributed by atoms with E-state index >= 15 is 0 Å². The number of hydrogen-bond donors (Lipinski definition) is 1. The van der Waals surface area contributed by atoms with Gasteiger partial charge in [-0.1, -0.05) is 30.3 Å². The van der Waals surface area contributed by atoms with Crippen molar-refractivity contribution in [1.29, 1.82) is 0 Å². The molecule has 2 rings (SSSR count). The summed E-state index contributed by atoms with van der Waals surface area (Å²) in [6.07, 6.45) is 0.101. The molecule has 1 N–H and O–H groups in total. The molecule has 1 aromatic rings. The number of hydrogen-bond acceptors (Lipinski definition) is 1. The van der Waals surface area contributed by atoms with Gasteiger partial charge in [-0.3, -0.25) is 4.79 Å². The van der Waals surface area contributed by atoms with Crippen LogP contribution in [0.25, 0.3) is 0 Å². The molecule has 0 bridgehead atoms. The van der Waals surface area contributed by atoms with Gasteiger partial charge in [-0.05, 0) is 6.42 Å². The smallest absolute Gasteiger partial charge is 0.274 e. The SMILES string of the molecule is O=C1NCCC1CC(F)(F)c1ccccc1. The monoisotopic (exact) mass is 225 g/mol. The minimum Gasteiger partial charge on any atom is -0.356 e. The number of carbonyl (C=O) groups is 1. The van der Waals surface area contributed by atoms with Gasteiger partial charge in [0.15, 0.2) is 0 Å². The van der Waals surface area contributed by atoms with Gasteiger partial charge in [-0.15, -0.1) is 0 Å². The molecule has 1 aliphatic heterocycles. The molecule has 0 spiro atoms. The molecular weight excluding hydrogens is 212 g/mol. The molecule has 2 nitrogen and oxygen atoms in total. The normalized spacial score (nSPS) is 20.9. The van der Waals surface area contributed by atoms with Gasteiger partial charge in [0.1, 0.15) is 0 Å². The highest BCUT2D eigenvalue weighted by Gasteiger charge is 2.38. The first-order chi connectivity index (χ1) is 7.59. The Morgan fingerprint density at radius 1 is 1.31 bits per heavy atom.